The molecule has 0 amide bonds. The zero-order chi connectivity index (χ0) is 11.7. The fraction of sp³-hybridized carbons (Fsp3) is 0.500. The molecule has 0 radical (unpaired) electrons. The maximum atomic E-state index is 4.37. The van der Waals surface area contributed by atoms with Crippen LogP contribution in [0.4, 0.5) is 5.82 Å². The lowest BCUT2D eigenvalue weighted by Gasteiger charge is -2.29. The van der Waals surface area contributed by atoms with Crippen molar-refractivity contribution in [3.05, 3.63) is 17.8 Å². The molecule has 0 aromatic carbocycles. The molecule has 1 fully saturated rings. The molecule has 2 aromatic heterocycles. The number of thiophene rings is 1. The number of aromatic nitrogens is 2. The molecule has 90 valence electrons. The van der Waals surface area contributed by atoms with Crippen molar-refractivity contribution in [3.63, 3.8) is 0 Å². The highest BCUT2D eigenvalue weighted by atomic mass is 32.1. The number of nitrogens with one attached hydrogen (secondary N) is 2. The molecule has 2 aromatic rings. The first-order chi connectivity index (χ1) is 8.33. The molecule has 2 N–H and O–H groups in total. The van der Waals surface area contributed by atoms with Gasteiger partial charge in [-0.1, -0.05) is 0 Å². The molecule has 1 aliphatic rings. The fourth-order valence-electron chi connectivity index (χ4n) is 2.35. The summed E-state index contributed by atoms with van der Waals surface area (Å²) in [5.74, 6) is 0.990. The molecule has 0 spiro atoms. The predicted molar refractivity (Wildman–Crippen MR) is 71.5 cm³/mol. The third-order valence-electron chi connectivity index (χ3n) is 3.21. The van der Waals surface area contributed by atoms with Gasteiger partial charge in [-0.25, -0.2) is 9.97 Å². The summed E-state index contributed by atoms with van der Waals surface area (Å²) in [4.78, 5) is 8.62. The second-order valence-corrected chi connectivity index (χ2v) is 5.49. The van der Waals surface area contributed by atoms with Crippen LogP contribution in [-0.4, -0.2) is 28.6 Å². The number of rotatable bonds is 2. The van der Waals surface area contributed by atoms with Crippen molar-refractivity contribution in [2.24, 2.45) is 0 Å². The van der Waals surface area contributed by atoms with Gasteiger partial charge in [0.25, 0.3) is 0 Å². The molecule has 2 atom stereocenters. The number of hydrogen-bond donors (Lipinski definition) is 2. The number of fused-ring (bicyclic) bond motifs is 1. The summed E-state index contributed by atoms with van der Waals surface area (Å²) < 4.78 is 1.17. The van der Waals surface area contributed by atoms with Crippen LogP contribution in [0.3, 0.4) is 0 Å². The Morgan fingerprint density at radius 2 is 2.41 bits per heavy atom. The van der Waals surface area contributed by atoms with Crippen molar-refractivity contribution < 1.29 is 0 Å². The molecule has 4 nitrogen and oxygen atoms in total. The topological polar surface area (TPSA) is 49.8 Å². The summed E-state index contributed by atoms with van der Waals surface area (Å²) in [6.07, 6.45) is 3.94. The SMILES string of the molecule is CC1CC(Nc2ncnc3ccsc23)CCN1. The Hall–Kier alpha value is -1.20. The summed E-state index contributed by atoms with van der Waals surface area (Å²) in [5, 5.41) is 9.08. The number of piperidine rings is 1. The van der Waals surface area contributed by atoms with E-state index in [4.69, 9.17) is 0 Å². The molecule has 0 bridgehead atoms. The minimum absolute atomic E-state index is 0.520. The minimum Gasteiger partial charge on any atom is -0.366 e. The van der Waals surface area contributed by atoms with Gasteiger partial charge in [0.05, 0.1) is 10.2 Å². The number of hydrogen-bond acceptors (Lipinski definition) is 5. The Balaban J connectivity index is 1.82. The molecular weight excluding hydrogens is 232 g/mol. The number of nitrogens with zero attached hydrogens (tertiary/aromatic N) is 2. The van der Waals surface area contributed by atoms with E-state index in [-0.39, 0.29) is 0 Å². The first-order valence-electron chi connectivity index (χ1n) is 6.01. The number of anilines is 1. The van der Waals surface area contributed by atoms with Crippen molar-refractivity contribution in [3.8, 4) is 0 Å². The van der Waals surface area contributed by atoms with E-state index >= 15 is 0 Å². The Morgan fingerprint density at radius 1 is 1.47 bits per heavy atom. The Kier molecular flexibility index (Phi) is 2.94. The third-order valence-corrected chi connectivity index (χ3v) is 4.12. The van der Waals surface area contributed by atoms with Crippen LogP contribution in [0.2, 0.25) is 0 Å². The third kappa shape index (κ3) is 2.25. The van der Waals surface area contributed by atoms with E-state index in [1.165, 1.54) is 4.70 Å². The zero-order valence-corrected chi connectivity index (χ0v) is 10.6. The van der Waals surface area contributed by atoms with Crippen LogP contribution in [0.5, 0.6) is 0 Å². The van der Waals surface area contributed by atoms with Gasteiger partial charge in [0, 0.05) is 12.1 Å². The summed E-state index contributed by atoms with van der Waals surface area (Å²) in [7, 11) is 0. The van der Waals surface area contributed by atoms with Gasteiger partial charge < -0.3 is 10.6 Å². The second-order valence-electron chi connectivity index (χ2n) is 4.58. The van der Waals surface area contributed by atoms with Crippen LogP contribution in [-0.2, 0) is 0 Å². The first-order valence-corrected chi connectivity index (χ1v) is 6.89. The molecule has 2 unspecified atom stereocenters. The molecule has 3 heterocycles. The minimum atomic E-state index is 0.520. The predicted octanol–water partition coefficient (Wildman–Crippen LogP) is 2.24. The quantitative estimate of drug-likeness (QED) is 0.856. The van der Waals surface area contributed by atoms with Crippen LogP contribution >= 0.6 is 11.3 Å². The fourth-order valence-corrected chi connectivity index (χ4v) is 3.15. The van der Waals surface area contributed by atoms with E-state index in [1.54, 1.807) is 17.7 Å². The normalized spacial score (nSPS) is 25.0. The van der Waals surface area contributed by atoms with Gasteiger partial charge in [0.15, 0.2) is 0 Å². The average molecular weight is 248 g/mol. The molecule has 3 rings (SSSR count). The van der Waals surface area contributed by atoms with E-state index in [0.717, 1.165) is 30.7 Å². The molecule has 5 heteroatoms. The molecule has 1 saturated heterocycles. The highest BCUT2D eigenvalue weighted by molar-refractivity contribution is 7.17. The molecule has 0 saturated carbocycles. The lowest BCUT2D eigenvalue weighted by atomic mass is 10.0. The molecule has 0 aliphatic carbocycles. The monoisotopic (exact) mass is 248 g/mol. The molecule has 1 aliphatic heterocycles. The molecular formula is C12H16N4S. The van der Waals surface area contributed by atoms with Gasteiger partial charge in [-0.2, -0.15) is 0 Å². The highest BCUT2D eigenvalue weighted by Crippen LogP contribution is 2.26. The largest absolute Gasteiger partial charge is 0.366 e. The van der Waals surface area contributed by atoms with Crippen LogP contribution in [0.15, 0.2) is 17.8 Å². The van der Waals surface area contributed by atoms with E-state index in [0.29, 0.717) is 12.1 Å². The van der Waals surface area contributed by atoms with Crippen LogP contribution in [0.1, 0.15) is 19.8 Å². The van der Waals surface area contributed by atoms with Gasteiger partial charge in [0.2, 0.25) is 0 Å². The smallest absolute Gasteiger partial charge is 0.147 e. The van der Waals surface area contributed by atoms with Crippen LogP contribution in [0, 0.1) is 0 Å². The van der Waals surface area contributed by atoms with E-state index in [2.05, 4.69) is 32.9 Å². The summed E-state index contributed by atoms with van der Waals surface area (Å²) in [6, 6.07) is 3.14. The Bertz CT molecular complexity index is 510. The Labute approximate surface area is 104 Å². The van der Waals surface area contributed by atoms with Gasteiger partial charge in [-0.3, -0.25) is 0 Å². The maximum Gasteiger partial charge on any atom is 0.147 e. The zero-order valence-electron chi connectivity index (χ0n) is 9.81. The van der Waals surface area contributed by atoms with Gasteiger partial charge in [-0.05, 0) is 37.8 Å². The summed E-state index contributed by atoms with van der Waals surface area (Å²) >= 11 is 1.70. The Morgan fingerprint density at radius 3 is 3.29 bits per heavy atom. The first kappa shape index (κ1) is 10.9. The van der Waals surface area contributed by atoms with Gasteiger partial charge in [0.1, 0.15) is 12.1 Å². The van der Waals surface area contributed by atoms with Crippen molar-refractivity contribution in [2.75, 3.05) is 11.9 Å². The van der Waals surface area contributed by atoms with Crippen molar-refractivity contribution in [1.82, 2.24) is 15.3 Å². The average Bonchev–Trinajstić information content (AvgIpc) is 2.78. The second kappa shape index (κ2) is 4.58. The summed E-state index contributed by atoms with van der Waals surface area (Å²) in [5.41, 5.74) is 1.04. The van der Waals surface area contributed by atoms with E-state index < -0.39 is 0 Å². The van der Waals surface area contributed by atoms with Crippen molar-refractivity contribution in [2.45, 2.75) is 31.8 Å². The summed E-state index contributed by atoms with van der Waals surface area (Å²) in [6.45, 7) is 3.31. The van der Waals surface area contributed by atoms with E-state index in [9.17, 15) is 0 Å². The lowest BCUT2D eigenvalue weighted by molar-refractivity contribution is 0.396. The van der Waals surface area contributed by atoms with Crippen LogP contribution in [0.25, 0.3) is 10.2 Å². The van der Waals surface area contributed by atoms with Gasteiger partial charge >= 0.3 is 0 Å². The standard InChI is InChI=1S/C12H16N4S/c1-8-6-9(2-4-13-8)16-12-11-10(3-5-17-11)14-7-15-12/h3,5,7-9,13H,2,4,6H2,1H3,(H,14,15,16). The highest BCUT2D eigenvalue weighted by Gasteiger charge is 2.19. The maximum absolute atomic E-state index is 4.37. The van der Waals surface area contributed by atoms with Crippen molar-refractivity contribution >= 4 is 27.4 Å². The molecule has 17 heavy (non-hydrogen) atoms. The van der Waals surface area contributed by atoms with Crippen molar-refractivity contribution in [1.29, 1.82) is 0 Å². The van der Waals surface area contributed by atoms with Crippen LogP contribution < -0.4 is 10.6 Å². The van der Waals surface area contributed by atoms with Gasteiger partial charge in [-0.15, -0.1) is 11.3 Å². The van der Waals surface area contributed by atoms with E-state index in [1.807, 2.05) is 6.07 Å². The lowest BCUT2D eigenvalue weighted by Crippen LogP contribution is -2.41.